The van der Waals surface area contributed by atoms with Crippen molar-refractivity contribution in [1.29, 1.82) is 0 Å². The summed E-state index contributed by atoms with van der Waals surface area (Å²) in [7, 11) is 0. The SMILES string of the molecule is O=C(/C=C/c1ccc(Cl)s1)NC1(C(=O)O)CCCCCC1. The van der Waals surface area contributed by atoms with Crippen molar-refractivity contribution in [2.45, 2.75) is 44.1 Å². The van der Waals surface area contributed by atoms with Crippen LogP contribution in [0.3, 0.4) is 0 Å². The molecular formula is C15H18ClNO3S. The van der Waals surface area contributed by atoms with Gasteiger partial charge in [-0.15, -0.1) is 11.3 Å². The highest BCUT2D eigenvalue weighted by Gasteiger charge is 2.39. The van der Waals surface area contributed by atoms with Crippen molar-refractivity contribution in [3.05, 3.63) is 27.4 Å². The van der Waals surface area contributed by atoms with Gasteiger partial charge in [0.1, 0.15) is 5.54 Å². The Labute approximate surface area is 132 Å². The number of hydrogen-bond acceptors (Lipinski definition) is 3. The van der Waals surface area contributed by atoms with Crippen LogP contribution in [0.15, 0.2) is 18.2 Å². The number of carboxylic acid groups (broad SMARTS) is 1. The predicted octanol–water partition coefficient (Wildman–Crippen LogP) is 3.71. The number of amides is 1. The van der Waals surface area contributed by atoms with Crippen LogP contribution in [0.25, 0.3) is 6.08 Å². The minimum absolute atomic E-state index is 0.371. The molecule has 21 heavy (non-hydrogen) atoms. The van der Waals surface area contributed by atoms with Crippen LogP contribution in [0.4, 0.5) is 0 Å². The van der Waals surface area contributed by atoms with Gasteiger partial charge in [0.05, 0.1) is 4.34 Å². The molecular weight excluding hydrogens is 310 g/mol. The smallest absolute Gasteiger partial charge is 0.329 e. The molecule has 0 aromatic carbocycles. The number of rotatable bonds is 4. The Morgan fingerprint density at radius 3 is 2.43 bits per heavy atom. The first kappa shape index (κ1) is 16.0. The highest BCUT2D eigenvalue weighted by molar-refractivity contribution is 7.17. The van der Waals surface area contributed by atoms with Crippen molar-refractivity contribution in [1.82, 2.24) is 5.32 Å². The first-order chi connectivity index (χ1) is 10.0. The second kappa shape index (κ2) is 7.09. The molecule has 114 valence electrons. The van der Waals surface area contributed by atoms with Gasteiger partial charge in [-0.2, -0.15) is 0 Å². The van der Waals surface area contributed by atoms with E-state index in [1.807, 2.05) is 6.07 Å². The molecule has 1 fully saturated rings. The first-order valence-corrected chi connectivity index (χ1v) is 8.20. The fourth-order valence-corrected chi connectivity index (χ4v) is 3.54. The predicted molar refractivity (Wildman–Crippen MR) is 84.6 cm³/mol. The number of hydrogen-bond donors (Lipinski definition) is 2. The molecule has 4 nitrogen and oxygen atoms in total. The lowest BCUT2D eigenvalue weighted by atomic mass is 9.90. The Bertz CT molecular complexity index is 545. The summed E-state index contributed by atoms with van der Waals surface area (Å²) in [4.78, 5) is 24.5. The zero-order valence-electron chi connectivity index (χ0n) is 11.6. The van der Waals surface area contributed by atoms with Gasteiger partial charge < -0.3 is 10.4 Å². The van der Waals surface area contributed by atoms with Gasteiger partial charge in [-0.25, -0.2) is 4.79 Å². The van der Waals surface area contributed by atoms with E-state index in [1.165, 1.54) is 17.4 Å². The van der Waals surface area contributed by atoms with Crippen LogP contribution < -0.4 is 5.32 Å². The number of thiophene rings is 1. The van der Waals surface area contributed by atoms with Gasteiger partial charge >= 0.3 is 5.97 Å². The lowest BCUT2D eigenvalue weighted by Gasteiger charge is -2.28. The van der Waals surface area contributed by atoms with Crippen molar-refractivity contribution in [2.75, 3.05) is 0 Å². The highest BCUT2D eigenvalue weighted by Crippen LogP contribution is 2.27. The van der Waals surface area contributed by atoms with Crippen molar-refractivity contribution in [3.8, 4) is 0 Å². The van der Waals surface area contributed by atoms with Gasteiger partial charge in [0, 0.05) is 11.0 Å². The molecule has 1 heterocycles. The van der Waals surface area contributed by atoms with E-state index in [1.54, 1.807) is 12.1 Å². The molecule has 0 aliphatic heterocycles. The standard InChI is InChI=1S/C15H18ClNO3S/c16-12-7-5-11(21-12)6-8-13(18)17-15(14(19)20)9-3-1-2-4-10-15/h5-8H,1-4,9-10H2,(H,17,18)(H,19,20)/b8-6+. The summed E-state index contributed by atoms with van der Waals surface area (Å²) in [5.74, 6) is -1.31. The zero-order valence-corrected chi connectivity index (χ0v) is 13.2. The molecule has 1 saturated carbocycles. The molecule has 2 rings (SSSR count). The highest BCUT2D eigenvalue weighted by atomic mass is 35.5. The van der Waals surface area contributed by atoms with Crippen LogP contribution in [0.2, 0.25) is 4.34 Å². The second-order valence-electron chi connectivity index (χ2n) is 5.27. The summed E-state index contributed by atoms with van der Waals surface area (Å²) in [6.07, 6.45) is 7.71. The maximum atomic E-state index is 12.0. The van der Waals surface area contributed by atoms with E-state index in [-0.39, 0.29) is 5.91 Å². The Balaban J connectivity index is 2.04. The fraction of sp³-hybridized carbons (Fsp3) is 0.467. The van der Waals surface area contributed by atoms with E-state index in [9.17, 15) is 14.7 Å². The van der Waals surface area contributed by atoms with Crippen LogP contribution in [-0.2, 0) is 9.59 Å². The minimum Gasteiger partial charge on any atom is -0.480 e. The Hall–Kier alpha value is -1.33. The Kier molecular flexibility index (Phi) is 5.42. The molecule has 6 heteroatoms. The number of carbonyl (C=O) groups is 2. The van der Waals surface area contributed by atoms with Gasteiger partial charge in [0.25, 0.3) is 0 Å². The minimum atomic E-state index is -1.12. The number of carboxylic acids is 1. The second-order valence-corrected chi connectivity index (χ2v) is 7.01. The molecule has 1 aromatic heterocycles. The van der Waals surface area contributed by atoms with Crippen LogP contribution >= 0.6 is 22.9 Å². The molecule has 1 aliphatic carbocycles. The van der Waals surface area contributed by atoms with Gasteiger partial charge in [0.2, 0.25) is 5.91 Å². The lowest BCUT2D eigenvalue weighted by molar-refractivity contribution is -0.147. The van der Waals surface area contributed by atoms with Gasteiger partial charge in [0.15, 0.2) is 0 Å². The van der Waals surface area contributed by atoms with E-state index >= 15 is 0 Å². The van der Waals surface area contributed by atoms with E-state index in [0.29, 0.717) is 17.2 Å². The number of halogens is 1. The summed E-state index contributed by atoms with van der Waals surface area (Å²) in [5, 5.41) is 12.2. The van der Waals surface area contributed by atoms with Crippen molar-refractivity contribution in [2.24, 2.45) is 0 Å². The Morgan fingerprint density at radius 1 is 1.24 bits per heavy atom. The van der Waals surface area contributed by atoms with Crippen LogP contribution in [0, 0.1) is 0 Å². The van der Waals surface area contributed by atoms with E-state index in [0.717, 1.165) is 30.6 Å². The molecule has 2 N–H and O–H groups in total. The maximum absolute atomic E-state index is 12.0. The summed E-state index contributed by atoms with van der Waals surface area (Å²) < 4.78 is 0.654. The Morgan fingerprint density at radius 2 is 1.90 bits per heavy atom. The van der Waals surface area contributed by atoms with E-state index in [4.69, 9.17) is 11.6 Å². The largest absolute Gasteiger partial charge is 0.480 e. The number of carbonyl (C=O) groups excluding carboxylic acids is 1. The lowest BCUT2D eigenvalue weighted by Crippen LogP contribution is -2.53. The quantitative estimate of drug-likeness (QED) is 0.654. The normalized spacial score (nSPS) is 18.3. The molecule has 0 saturated heterocycles. The molecule has 1 amide bonds. The van der Waals surface area contributed by atoms with E-state index < -0.39 is 11.5 Å². The summed E-state index contributed by atoms with van der Waals surface area (Å²) in [6, 6.07) is 3.57. The van der Waals surface area contributed by atoms with Gasteiger partial charge in [-0.3, -0.25) is 4.79 Å². The maximum Gasteiger partial charge on any atom is 0.329 e. The van der Waals surface area contributed by atoms with Crippen molar-refractivity contribution >= 4 is 40.9 Å². The zero-order chi connectivity index (χ0) is 15.3. The third-order valence-corrected chi connectivity index (χ3v) is 4.92. The fourth-order valence-electron chi connectivity index (χ4n) is 2.58. The van der Waals surface area contributed by atoms with E-state index in [2.05, 4.69) is 5.32 Å². The molecule has 0 unspecified atom stereocenters. The number of aliphatic carboxylic acids is 1. The third-order valence-electron chi connectivity index (χ3n) is 3.72. The molecule has 0 spiro atoms. The summed E-state index contributed by atoms with van der Waals surface area (Å²) >= 11 is 7.19. The average molecular weight is 328 g/mol. The number of nitrogens with one attached hydrogen (secondary N) is 1. The van der Waals surface area contributed by atoms with Gasteiger partial charge in [-0.05, 0) is 31.1 Å². The van der Waals surface area contributed by atoms with Crippen LogP contribution in [-0.4, -0.2) is 22.5 Å². The monoisotopic (exact) mass is 327 g/mol. The topological polar surface area (TPSA) is 66.4 Å². The van der Waals surface area contributed by atoms with Crippen molar-refractivity contribution < 1.29 is 14.7 Å². The molecule has 0 bridgehead atoms. The first-order valence-electron chi connectivity index (χ1n) is 7.01. The van der Waals surface area contributed by atoms with Crippen molar-refractivity contribution in [3.63, 3.8) is 0 Å². The van der Waals surface area contributed by atoms with Gasteiger partial charge in [-0.1, -0.05) is 37.3 Å². The third kappa shape index (κ3) is 4.32. The average Bonchev–Trinajstić information content (AvgIpc) is 2.71. The summed E-state index contributed by atoms with van der Waals surface area (Å²) in [6.45, 7) is 0. The van der Waals surface area contributed by atoms with Crippen LogP contribution in [0.5, 0.6) is 0 Å². The summed E-state index contributed by atoms with van der Waals surface area (Å²) in [5.41, 5.74) is -1.12. The molecule has 0 radical (unpaired) electrons. The molecule has 1 aliphatic rings. The molecule has 0 atom stereocenters. The molecule has 1 aromatic rings. The van der Waals surface area contributed by atoms with Crippen LogP contribution in [0.1, 0.15) is 43.4 Å².